The molecule has 25 heavy (non-hydrogen) atoms. The van der Waals surface area contributed by atoms with Crippen LogP contribution in [0.4, 0.5) is 4.79 Å². The monoisotopic (exact) mass is 351 g/mol. The molecule has 1 aliphatic rings. The number of aryl methyl sites for hydroxylation is 1. The van der Waals surface area contributed by atoms with Crippen molar-refractivity contribution in [3.63, 3.8) is 0 Å². The van der Waals surface area contributed by atoms with Crippen molar-refractivity contribution in [3.8, 4) is 0 Å². The van der Waals surface area contributed by atoms with Crippen molar-refractivity contribution >= 4 is 6.03 Å². The zero-order valence-corrected chi connectivity index (χ0v) is 16.1. The average Bonchev–Trinajstić information content (AvgIpc) is 3.01. The van der Waals surface area contributed by atoms with E-state index in [2.05, 4.69) is 29.2 Å². The lowest BCUT2D eigenvalue weighted by molar-refractivity contribution is 0.130. The van der Waals surface area contributed by atoms with Crippen LogP contribution in [0.3, 0.4) is 0 Å². The Hall–Kier alpha value is -1.60. The number of hydrogen-bond acceptors (Lipinski definition) is 4. The Balaban J connectivity index is 1.85. The van der Waals surface area contributed by atoms with E-state index < -0.39 is 0 Å². The summed E-state index contributed by atoms with van der Waals surface area (Å²) in [5.74, 6) is 0.530. The van der Waals surface area contributed by atoms with E-state index in [4.69, 9.17) is 4.74 Å². The molecule has 0 spiro atoms. The van der Waals surface area contributed by atoms with Crippen LogP contribution in [-0.4, -0.2) is 71.5 Å². The van der Waals surface area contributed by atoms with E-state index in [9.17, 15) is 4.79 Å². The summed E-state index contributed by atoms with van der Waals surface area (Å²) in [6.45, 7) is 9.09. The number of amides is 2. The van der Waals surface area contributed by atoms with Crippen molar-refractivity contribution in [2.75, 3.05) is 39.9 Å². The topological polar surface area (TPSA) is 62.6 Å². The van der Waals surface area contributed by atoms with Gasteiger partial charge in [0.05, 0.1) is 19.3 Å². The fraction of sp³-hybridized carbons (Fsp3) is 0.778. The number of carbonyl (C=O) groups excluding carboxylic acids is 1. The Bertz CT molecular complexity index is 531. The third-order valence-corrected chi connectivity index (χ3v) is 4.81. The van der Waals surface area contributed by atoms with Crippen LogP contribution in [0.25, 0.3) is 0 Å². The quantitative estimate of drug-likeness (QED) is 0.774. The molecular formula is C18H33N5O2. The minimum absolute atomic E-state index is 0.0254. The fourth-order valence-electron chi connectivity index (χ4n) is 3.30. The third kappa shape index (κ3) is 6.32. The molecule has 0 radical (unpaired) electrons. The molecule has 1 atom stereocenters. The van der Waals surface area contributed by atoms with Gasteiger partial charge >= 0.3 is 6.03 Å². The zero-order valence-electron chi connectivity index (χ0n) is 16.1. The smallest absolute Gasteiger partial charge is 0.317 e. The molecule has 0 saturated carbocycles. The molecule has 1 aromatic heterocycles. The first-order valence-corrected chi connectivity index (χ1v) is 9.23. The number of carbonyl (C=O) groups is 1. The van der Waals surface area contributed by atoms with Crippen LogP contribution in [0, 0.1) is 5.92 Å². The third-order valence-electron chi connectivity index (χ3n) is 4.81. The van der Waals surface area contributed by atoms with Gasteiger partial charge in [-0.25, -0.2) is 4.79 Å². The van der Waals surface area contributed by atoms with Gasteiger partial charge in [-0.3, -0.25) is 4.68 Å². The Labute approximate surface area is 151 Å². The first-order chi connectivity index (χ1) is 12.0. The maximum absolute atomic E-state index is 12.6. The lowest BCUT2D eigenvalue weighted by atomic mass is 9.97. The van der Waals surface area contributed by atoms with Crippen LogP contribution in [-0.2, 0) is 18.3 Å². The summed E-state index contributed by atoms with van der Waals surface area (Å²) in [6, 6.07) is 0.546. The summed E-state index contributed by atoms with van der Waals surface area (Å²) < 4.78 is 6.91. The number of nitrogens with one attached hydrogen (secondary N) is 1. The standard InChI is InChI=1S/C18H33N5O2/c1-15(2)22-7-5-6-16(13-22)10-19-18(24)23(8-9-25-4)14-17-11-20-21(3)12-17/h11-12,15-16H,5-10,13-14H2,1-4H3,(H,19,24)/t16-/m1/s1. The molecule has 142 valence electrons. The highest BCUT2D eigenvalue weighted by Crippen LogP contribution is 2.17. The number of urea groups is 1. The van der Waals surface area contributed by atoms with E-state index >= 15 is 0 Å². The van der Waals surface area contributed by atoms with Gasteiger partial charge < -0.3 is 19.9 Å². The lowest BCUT2D eigenvalue weighted by Crippen LogP contribution is -2.47. The van der Waals surface area contributed by atoms with Gasteiger partial charge in [0, 0.05) is 51.6 Å². The molecule has 2 rings (SSSR count). The molecule has 2 heterocycles. The largest absolute Gasteiger partial charge is 0.383 e. The fourth-order valence-corrected chi connectivity index (χ4v) is 3.30. The van der Waals surface area contributed by atoms with E-state index in [1.54, 1.807) is 22.9 Å². The molecule has 1 fully saturated rings. The predicted octanol–water partition coefficient (Wildman–Crippen LogP) is 1.70. The summed E-state index contributed by atoms with van der Waals surface area (Å²) in [5, 5.41) is 7.30. The molecule has 7 heteroatoms. The highest BCUT2D eigenvalue weighted by atomic mass is 16.5. The predicted molar refractivity (Wildman–Crippen MR) is 98.3 cm³/mol. The second-order valence-electron chi connectivity index (χ2n) is 7.22. The van der Waals surface area contributed by atoms with Gasteiger partial charge in [0.1, 0.15) is 0 Å². The average molecular weight is 351 g/mol. The first kappa shape index (κ1) is 19.7. The number of nitrogens with zero attached hydrogens (tertiary/aromatic N) is 4. The van der Waals surface area contributed by atoms with Crippen molar-refractivity contribution in [2.24, 2.45) is 13.0 Å². The van der Waals surface area contributed by atoms with Gasteiger partial charge in [0.15, 0.2) is 0 Å². The molecule has 1 aromatic rings. The van der Waals surface area contributed by atoms with Gasteiger partial charge in [-0.2, -0.15) is 5.10 Å². The summed E-state index contributed by atoms with van der Waals surface area (Å²) >= 11 is 0. The molecule has 2 amide bonds. The lowest BCUT2D eigenvalue weighted by Gasteiger charge is -2.35. The molecule has 0 aliphatic carbocycles. The normalized spacial score (nSPS) is 18.5. The Morgan fingerprint density at radius 2 is 2.32 bits per heavy atom. The summed E-state index contributed by atoms with van der Waals surface area (Å²) in [6.07, 6.45) is 6.13. The molecule has 7 nitrogen and oxygen atoms in total. The number of methoxy groups -OCH3 is 1. The first-order valence-electron chi connectivity index (χ1n) is 9.23. The van der Waals surface area contributed by atoms with E-state index in [0.29, 0.717) is 31.7 Å². The highest BCUT2D eigenvalue weighted by Gasteiger charge is 2.23. The van der Waals surface area contributed by atoms with Crippen molar-refractivity contribution in [1.82, 2.24) is 24.9 Å². The molecule has 1 N–H and O–H groups in total. The minimum Gasteiger partial charge on any atom is -0.383 e. The maximum atomic E-state index is 12.6. The Kier molecular flexibility index (Phi) is 7.71. The number of aromatic nitrogens is 2. The van der Waals surface area contributed by atoms with Crippen molar-refractivity contribution in [3.05, 3.63) is 18.0 Å². The summed E-state index contributed by atoms with van der Waals surface area (Å²) in [4.78, 5) is 16.9. The SMILES string of the molecule is COCCN(Cc1cnn(C)c1)C(=O)NC[C@H]1CCCN(C(C)C)C1. The van der Waals surface area contributed by atoms with Crippen LogP contribution < -0.4 is 5.32 Å². The van der Waals surface area contributed by atoms with E-state index in [1.165, 1.54) is 19.4 Å². The Morgan fingerprint density at radius 1 is 1.52 bits per heavy atom. The number of rotatable bonds is 8. The van der Waals surface area contributed by atoms with Gasteiger partial charge in [-0.15, -0.1) is 0 Å². The second kappa shape index (κ2) is 9.77. The van der Waals surface area contributed by atoms with Gasteiger partial charge in [-0.1, -0.05) is 0 Å². The maximum Gasteiger partial charge on any atom is 0.317 e. The van der Waals surface area contributed by atoms with Crippen LogP contribution in [0.5, 0.6) is 0 Å². The molecule has 1 aliphatic heterocycles. The van der Waals surface area contributed by atoms with E-state index in [-0.39, 0.29) is 6.03 Å². The highest BCUT2D eigenvalue weighted by molar-refractivity contribution is 5.74. The van der Waals surface area contributed by atoms with Crippen LogP contribution in [0.2, 0.25) is 0 Å². The van der Waals surface area contributed by atoms with Crippen LogP contribution in [0.15, 0.2) is 12.4 Å². The van der Waals surface area contributed by atoms with Crippen molar-refractivity contribution in [1.29, 1.82) is 0 Å². The van der Waals surface area contributed by atoms with Crippen LogP contribution in [0.1, 0.15) is 32.3 Å². The molecular weight excluding hydrogens is 318 g/mol. The van der Waals surface area contributed by atoms with E-state index in [0.717, 1.165) is 18.7 Å². The van der Waals surface area contributed by atoms with Gasteiger partial charge in [-0.05, 0) is 39.2 Å². The van der Waals surface area contributed by atoms with Crippen molar-refractivity contribution in [2.45, 2.75) is 39.3 Å². The van der Waals surface area contributed by atoms with Gasteiger partial charge in [0.25, 0.3) is 0 Å². The number of piperidine rings is 1. The molecule has 0 bridgehead atoms. The Morgan fingerprint density at radius 3 is 2.96 bits per heavy atom. The number of likely N-dealkylation sites (tertiary alicyclic amines) is 1. The molecule has 0 unspecified atom stereocenters. The van der Waals surface area contributed by atoms with Gasteiger partial charge in [0.2, 0.25) is 0 Å². The zero-order chi connectivity index (χ0) is 18.2. The van der Waals surface area contributed by atoms with E-state index in [1.807, 2.05) is 13.2 Å². The second-order valence-corrected chi connectivity index (χ2v) is 7.22. The van der Waals surface area contributed by atoms with Crippen molar-refractivity contribution < 1.29 is 9.53 Å². The number of ether oxygens (including phenoxy) is 1. The minimum atomic E-state index is -0.0254. The molecule has 1 saturated heterocycles. The summed E-state index contributed by atoms with van der Waals surface area (Å²) in [7, 11) is 3.54. The van der Waals surface area contributed by atoms with Crippen LogP contribution >= 0.6 is 0 Å². The number of hydrogen-bond donors (Lipinski definition) is 1. The molecule has 0 aromatic carbocycles. The summed E-state index contributed by atoms with van der Waals surface area (Å²) in [5.41, 5.74) is 1.03.